The Labute approximate surface area is 261 Å². The maximum Gasteiger partial charge on any atom is 0.416 e. The van der Waals surface area contributed by atoms with Crippen LogP contribution in [-0.4, -0.2) is 69.0 Å². The molecule has 1 aliphatic rings. The molecule has 1 aliphatic heterocycles. The Hall–Kier alpha value is -4.65. The van der Waals surface area contributed by atoms with E-state index in [9.17, 15) is 23.1 Å². The van der Waals surface area contributed by atoms with Crippen molar-refractivity contribution in [1.29, 1.82) is 0 Å². The molecule has 0 unspecified atom stereocenters. The van der Waals surface area contributed by atoms with E-state index in [1.54, 1.807) is 30.5 Å². The number of aromatic nitrogens is 3. The Bertz CT molecular complexity index is 1850. The Morgan fingerprint density at radius 2 is 1.78 bits per heavy atom. The smallest absolute Gasteiger partial charge is 0.416 e. The average molecular weight is 637 g/mol. The van der Waals surface area contributed by atoms with E-state index < -0.39 is 17.6 Å². The first-order valence-corrected chi connectivity index (χ1v) is 14.5. The molecule has 232 valence electrons. The molecule has 1 saturated heterocycles. The number of phenolic OH excluding ortho intramolecular Hbond substituents is 1. The molecule has 2 aromatic heterocycles. The van der Waals surface area contributed by atoms with E-state index in [1.165, 1.54) is 36.4 Å². The van der Waals surface area contributed by atoms with E-state index in [0.29, 0.717) is 35.5 Å². The topological polar surface area (TPSA) is 107 Å². The zero-order valence-electron chi connectivity index (χ0n) is 24.0. The molecule has 1 amide bonds. The van der Waals surface area contributed by atoms with Crippen LogP contribution in [0.5, 0.6) is 17.4 Å². The summed E-state index contributed by atoms with van der Waals surface area (Å²) in [6.07, 6.45) is -2.95. The number of piperazine rings is 1. The number of likely N-dealkylation sites (N-methyl/N-ethyl adjacent to an activating group) is 1. The number of halogens is 4. The summed E-state index contributed by atoms with van der Waals surface area (Å²) in [6, 6.07) is 16.3. The highest BCUT2D eigenvalue weighted by molar-refractivity contribution is 6.34. The van der Waals surface area contributed by atoms with Gasteiger partial charge < -0.3 is 25.0 Å². The summed E-state index contributed by atoms with van der Waals surface area (Å²) in [7, 11) is 1.98. The van der Waals surface area contributed by atoms with Gasteiger partial charge in [-0.1, -0.05) is 17.7 Å². The number of carbonyl (C=O) groups excluding carboxylic acids is 1. The minimum absolute atomic E-state index is 0.102. The molecule has 45 heavy (non-hydrogen) atoms. The van der Waals surface area contributed by atoms with Gasteiger partial charge in [-0.05, 0) is 67.2 Å². The fraction of sp³-hybridized carbons (Fsp3) is 0.219. The van der Waals surface area contributed by atoms with E-state index >= 15 is 0 Å². The van der Waals surface area contributed by atoms with Crippen LogP contribution in [0.25, 0.3) is 22.4 Å². The van der Waals surface area contributed by atoms with Crippen LogP contribution in [-0.2, 0) is 12.7 Å². The van der Waals surface area contributed by atoms with E-state index in [2.05, 4.69) is 25.2 Å². The number of benzene rings is 3. The molecule has 0 spiro atoms. The lowest BCUT2D eigenvalue weighted by Gasteiger charge is -2.33. The van der Waals surface area contributed by atoms with Crippen LogP contribution in [0.3, 0.4) is 0 Å². The van der Waals surface area contributed by atoms with Crippen molar-refractivity contribution in [1.82, 2.24) is 24.8 Å². The van der Waals surface area contributed by atoms with Crippen LogP contribution in [0.1, 0.15) is 21.5 Å². The summed E-state index contributed by atoms with van der Waals surface area (Å²) in [5.74, 6) is 0.160. The maximum atomic E-state index is 14.1. The Balaban J connectivity index is 1.24. The van der Waals surface area contributed by atoms with E-state index in [4.69, 9.17) is 16.3 Å². The second-order valence-corrected chi connectivity index (χ2v) is 11.2. The molecule has 9 nitrogen and oxygen atoms in total. The van der Waals surface area contributed by atoms with Gasteiger partial charge in [0, 0.05) is 56.1 Å². The van der Waals surface area contributed by atoms with Gasteiger partial charge in [0.05, 0.1) is 21.8 Å². The van der Waals surface area contributed by atoms with Crippen molar-refractivity contribution in [2.24, 2.45) is 0 Å². The second-order valence-electron chi connectivity index (χ2n) is 10.8. The van der Waals surface area contributed by atoms with Crippen LogP contribution in [0.4, 0.5) is 18.9 Å². The first-order valence-electron chi connectivity index (χ1n) is 14.1. The van der Waals surface area contributed by atoms with Crippen molar-refractivity contribution in [3.63, 3.8) is 0 Å². The highest BCUT2D eigenvalue weighted by atomic mass is 35.5. The lowest BCUT2D eigenvalue weighted by atomic mass is 10.0. The normalized spacial score (nSPS) is 14.5. The number of H-pyrrole nitrogens is 1. The van der Waals surface area contributed by atoms with Crippen LogP contribution < -0.4 is 10.1 Å². The third kappa shape index (κ3) is 6.88. The second kappa shape index (κ2) is 12.4. The van der Waals surface area contributed by atoms with E-state index in [-0.39, 0.29) is 45.8 Å². The number of hydrogen-bond donors (Lipinski definition) is 3. The molecule has 0 atom stereocenters. The van der Waals surface area contributed by atoms with Gasteiger partial charge in [0.1, 0.15) is 17.0 Å². The quantitative estimate of drug-likeness (QED) is 0.181. The zero-order chi connectivity index (χ0) is 31.7. The number of carbonyl (C=O) groups is 1. The van der Waals surface area contributed by atoms with Crippen molar-refractivity contribution in [2.75, 3.05) is 38.5 Å². The molecule has 6 rings (SSSR count). The zero-order valence-corrected chi connectivity index (χ0v) is 24.8. The van der Waals surface area contributed by atoms with Gasteiger partial charge in [-0.3, -0.25) is 9.69 Å². The highest BCUT2D eigenvalue weighted by Crippen LogP contribution is 2.35. The molecule has 0 aliphatic carbocycles. The largest absolute Gasteiger partial charge is 0.508 e. The third-order valence-electron chi connectivity index (χ3n) is 7.57. The fourth-order valence-corrected chi connectivity index (χ4v) is 5.23. The lowest BCUT2D eigenvalue weighted by molar-refractivity contribution is -0.138. The lowest BCUT2D eigenvalue weighted by Crippen LogP contribution is -2.44. The number of fused-ring (bicyclic) bond motifs is 1. The standard InChI is InChI=1S/C32H28ClF3N6O3/c1-41-12-14-42(15-13-41)18-21-3-2-20(16-24(21)32(34,35)36)30(44)39-27-17-23(8-9-25(27)33)45-31-28-26(10-11-37-28)38-29(40-31)19-4-6-22(43)7-5-19/h2-11,16-17,37,43H,12-15,18H2,1H3,(H,39,44). The van der Waals surface area contributed by atoms with Crippen molar-refractivity contribution >= 4 is 34.2 Å². The molecule has 13 heteroatoms. The number of nitrogens with zero attached hydrogens (tertiary/aromatic N) is 4. The Morgan fingerprint density at radius 1 is 1.02 bits per heavy atom. The van der Waals surface area contributed by atoms with Gasteiger partial charge in [0.25, 0.3) is 5.91 Å². The predicted octanol–water partition coefficient (Wildman–Crippen LogP) is 6.79. The van der Waals surface area contributed by atoms with Gasteiger partial charge in [-0.25, -0.2) is 4.98 Å². The molecule has 3 aromatic carbocycles. The average Bonchev–Trinajstić information content (AvgIpc) is 3.49. The number of rotatable bonds is 7. The molecular weight excluding hydrogens is 609 g/mol. The number of alkyl halides is 3. The van der Waals surface area contributed by atoms with Crippen LogP contribution in [0, 0.1) is 0 Å². The molecule has 3 N–H and O–H groups in total. The predicted molar refractivity (Wildman–Crippen MR) is 165 cm³/mol. The van der Waals surface area contributed by atoms with Crippen molar-refractivity contribution in [3.05, 3.63) is 94.6 Å². The van der Waals surface area contributed by atoms with Crippen LogP contribution >= 0.6 is 11.6 Å². The van der Waals surface area contributed by atoms with E-state index in [0.717, 1.165) is 19.2 Å². The first-order chi connectivity index (χ1) is 21.5. The number of nitrogens with one attached hydrogen (secondary N) is 2. The minimum Gasteiger partial charge on any atom is -0.508 e. The summed E-state index contributed by atoms with van der Waals surface area (Å²) < 4.78 is 48.3. The minimum atomic E-state index is -4.64. The van der Waals surface area contributed by atoms with Gasteiger partial charge in [0.2, 0.25) is 5.88 Å². The molecule has 0 radical (unpaired) electrons. The molecule has 0 saturated carbocycles. The number of ether oxygens (including phenoxy) is 1. The van der Waals surface area contributed by atoms with Crippen molar-refractivity contribution < 1.29 is 27.8 Å². The third-order valence-corrected chi connectivity index (χ3v) is 7.90. The molecule has 1 fully saturated rings. The van der Waals surface area contributed by atoms with Gasteiger partial charge >= 0.3 is 6.18 Å². The Kier molecular flexibility index (Phi) is 8.36. The number of aromatic hydroxyl groups is 1. The summed E-state index contributed by atoms with van der Waals surface area (Å²) in [6.45, 7) is 3.02. The number of anilines is 1. The van der Waals surface area contributed by atoms with Crippen LogP contribution in [0.15, 0.2) is 72.9 Å². The number of phenols is 1. The van der Waals surface area contributed by atoms with Gasteiger partial charge in [-0.15, -0.1) is 0 Å². The van der Waals surface area contributed by atoms with Crippen molar-refractivity contribution in [2.45, 2.75) is 12.7 Å². The molecule has 5 aromatic rings. The van der Waals surface area contributed by atoms with Crippen molar-refractivity contribution in [3.8, 4) is 28.8 Å². The summed E-state index contributed by atoms with van der Waals surface area (Å²) in [5.41, 5.74) is 1.01. The molecular formula is C32H28ClF3N6O3. The number of amides is 1. The van der Waals surface area contributed by atoms with E-state index in [1.807, 2.05) is 11.9 Å². The molecule has 3 heterocycles. The number of aromatic amines is 1. The maximum absolute atomic E-state index is 14.1. The van der Waals surface area contributed by atoms with Gasteiger partial charge in [-0.2, -0.15) is 18.2 Å². The molecule has 0 bridgehead atoms. The van der Waals surface area contributed by atoms with Gasteiger partial charge in [0.15, 0.2) is 5.82 Å². The summed E-state index contributed by atoms with van der Waals surface area (Å²) in [4.78, 5) is 29.4. The Morgan fingerprint density at radius 3 is 2.51 bits per heavy atom. The highest BCUT2D eigenvalue weighted by Gasteiger charge is 2.34. The monoisotopic (exact) mass is 636 g/mol. The summed E-state index contributed by atoms with van der Waals surface area (Å²) in [5, 5.41) is 12.4. The fourth-order valence-electron chi connectivity index (χ4n) is 5.07. The number of hydrogen-bond acceptors (Lipinski definition) is 7. The van der Waals surface area contributed by atoms with Crippen LogP contribution in [0.2, 0.25) is 5.02 Å². The first kappa shape index (κ1) is 30.4. The summed E-state index contributed by atoms with van der Waals surface area (Å²) >= 11 is 6.36. The SMILES string of the molecule is CN1CCN(Cc2ccc(C(=O)Nc3cc(Oc4nc(-c5ccc(O)cc5)nc5cc[nH]c45)ccc3Cl)cc2C(F)(F)F)CC1.